The van der Waals surface area contributed by atoms with E-state index in [-0.39, 0.29) is 5.91 Å². The molecule has 0 saturated heterocycles. The van der Waals surface area contributed by atoms with E-state index in [1.165, 1.54) is 11.3 Å². The summed E-state index contributed by atoms with van der Waals surface area (Å²) < 4.78 is 0.939. The zero-order valence-corrected chi connectivity index (χ0v) is 15.4. The third-order valence-electron chi connectivity index (χ3n) is 4.00. The van der Waals surface area contributed by atoms with Crippen LogP contribution in [0.15, 0.2) is 60.8 Å². The first-order valence-electron chi connectivity index (χ1n) is 8.00. The van der Waals surface area contributed by atoms with Gasteiger partial charge in [-0.15, -0.1) is 0 Å². The number of aryl methyl sites for hydroxylation is 1. The molecular formula is C20H14ClN3OS. The molecular weight excluding hydrogens is 366 g/mol. The van der Waals surface area contributed by atoms with Gasteiger partial charge in [-0.25, -0.2) is 4.98 Å². The Morgan fingerprint density at radius 3 is 2.69 bits per heavy atom. The SMILES string of the molecule is Cc1cccnc1-c1ccc(C(=O)Nc2nc3ccc(Cl)cc3s2)cc1. The summed E-state index contributed by atoms with van der Waals surface area (Å²) in [4.78, 5) is 21.3. The molecule has 0 saturated carbocycles. The predicted octanol–water partition coefficient (Wildman–Crippen LogP) is 5.57. The topological polar surface area (TPSA) is 54.9 Å². The van der Waals surface area contributed by atoms with Crippen molar-refractivity contribution >= 4 is 44.2 Å². The van der Waals surface area contributed by atoms with Gasteiger partial charge in [0.15, 0.2) is 5.13 Å². The first-order valence-corrected chi connectivity index (χ1v) is 9.19. The van der Waals surface area contributed by atoms with Gasteiger partial charge < -0.3 is 0 Å². The van der Waals surface area contributed by atoms with E-state index in [2.05, 4.69) is 15.3 Å². The van der Waals surface area contributed by atoms with Crippen molar-refractivity contribution in [3.8, 4) is 11.3 Å². The van der Waals surface area contributed by atoms with E-state index in [1.54, 1.807) is 24.4 Å². The molecule has 26 heavy (non-hydrogen) atoms. The average molecular weight is 380 g/mol. The molecule has 0 spiro atoms. The summed E-state index contributed by atoms with van der Waals surface area (Å²) in [6.07, 6.45) is 1.77. The number of amides is 1. The Kier molecular flexibility index (Phi) is 4.41. The molecule has 6 heteroatoms. The van der Waals surface area contributed by atoms with Gasteiger partial charge in [-0.05, 0) is 48.9 Å². The number of benzene rings is 2. The summed E-state index contributed by atoms with van der Waals surface area (Å²) in [5, 5.41) is 4.05. The number of anilines is 1. The molecule has 2 heterocycles. The highest BCUT2D eigenvalue weighted by molar-refractivity contribution is 7.22. The third-order valence-corrected chi connectivity index (χ3v) is 5.17. The van der Waals surface area contributed by atoms with Crippen LogP contribution in [0.5, 0.6) is 0 Å². The molecule has 0 aliphatic carbocycles. The predicted molar refractivity (Wildman–Crippen MR) is 107 cm³/mol. The molecule has 1 amide bonds. The summed E-state index contributed by atoms with van der Waals surface area (Å²) >= 11 is 7.39. The molecule has 1 N–H and O–H groups in total. The van der Waals surface area contributed by atoms with Gasteiger partial charge in [0.2, 0.25) is 0 Å². The molecule has 4 rings (SSSR count). The summed E-state index contributed by atoms with van der Waals surface area (Å²) in [6, 6.07) is 16.8. The van der Waals surface area contributed by atoms with Crippen LogP contribution in [-0.4, -0.2) is 15.9 Å². The molecule has 128 valence electrons. The lowest BCUT2D eigenvalue weighted by atomic mass is 10.0. The Morgan fingerprint density at radius 1 is 1.12 bits per heavy atom. The highest BCUT2D eigenvalue weighted by atomic mass is 35.5. The number of carbonyl (C=O) groups is 1. The first kappa shape index (κ1) is 16.7. The van der Waals surface area contributed by atoms with Crippen molar-refractivity contribution in [2.24, 2.45) is 0 Å². The molecule has 0 aliphatic heterocycles. The number of hydrogen-bond acceptors (Lipinski definition) is 4. The molecule has 2 aromatic carbocycles. The zero-order valence-electron chi connectivity index (χ0n) is 13.9. The molecule has 0 fully saturated rings. The molecule has 0 radical (unpaired) electrons. The minimum atomic E-state index is -0.195. The van der Waals surface area contributed by atoms with Crippen LogP contribution in [0.25, 0.3) is 21.5 Å². The minimum absolute atomic E-state index is 0.195. The monoisotopic (exact) mass is 379 g/mol. The van der Waals surface area contributed by atoms with Gasteiger partial charge in [0, 0.05) is 22.3 Å². The number of rotatable bonds is 3. The zero-order chi connectivity index (χ0) is 18.1. The number of pyridine rings is 1. The van der Waals surface area contributed by atoms with E-state index in [0.717, 1.165) is 27.0 Å². The fourth-order valence-corrected chi connectivity index (χ4v) is 3.83. The maximum Gasteiger partial charge on any atom is 0.257 e. The number of nitrogens with zero attached hydrogens (tertiary/aromatic N) is 2. The van der Waals surface area contributed by atoms with Gasteiger partial charge in [-0.3, -0.25) is 15.1 Å². The average Bonchev–Trinajstić information content (AvgIpc) is 3.03. The molecule has 0 unspecified atom stereocenters. The highest BCUT2D eigenvalue weighted by Gasteiger charge is 2.11. The number of halogens is 1. The van der Waals surface area contributed by atoms with Gasteiger partial charge >= 0.3 is 0 Å². The summed E-state index contributed by atoms with van der Waals surface area (Å²) in [7, 11) is 0. The Hall–Kier alpha value is -2.76. The van der Waals surface area contributed by atoms with Crippen LogP contribution in [0.1, 0.15) is 15.9 Å². The number of thiazole rings is 1. The van der Waals surface area contributed by atoms with E-state index < -0.39 is 0 Å². The quantitative estimate of drug-likeness (QED) is 0.506. The molecule has 0 atom stereocenters. The van der Waals surface area contributed by atoms with Crippen LogP contribution in [0.3, 0.4) is 0 Å². The second kappa shape index (κ2) is 6.86. The van der Waals surface area contributed by atoms with Gasteiger partial charge in [-0.1, -0.05) is 41.1 Å². The Bertz CT molecular complexity index is 1110. The lowest BCUT2D eigenvalue weighted by Gasteiger charge is -2.06. The number of fused-ring (bicyclic) bond motifs is 1. The van der Waals surface area contributed by atoms with Crippen molar-refractivity contribution in [2.75, 3.05) is 5.32 Å². The van der Waals surface area contributed by atoms with Crippen molar-refractivity contribution in [1.82, 2.24) is 9.97 Å². The van der Waals surface area contributed by atoms with Crippen molar-refractivity contribution in [2.45, 2.75) is 6.92 Å². The summed E-state index contributed by atoms with van der Waals surface area (Å²) in [5.74, 6) is -0.195. The van der Waals surface area contributed by atoms with E-state index >= 15 is 0 Å². The highest BCUT2D eigenvalue weighted by Crippen LogP contribution is 2.28. The lowest BCUT2D eigenvalue weighted by molar-refractivity contribution is 0.102. The fourth-order valence-electron chi connectivity index (χ4n) is 2.69. The Morgan fingerprint density at radius 2 is 1.92 bits per heavy atom. The van der Waals surface area contributed by atoms with Gasteiger partial charge in [0.05, 0.1) is 15.9 Å². The van der Waals surface area contributed by atoms with Crippen molar-refractivity contribution in [3.05, 3.63) is 76.9 Å². The van der Waals surface area contributed by atoms with Crippen LogP contribution in [-0.2, 0) is 0 Å². The van der Waals surface area contributed by atoms with Gasteiger partial charge in [0.1, 0.15) is 0 Å². The molecule has 4 nitrogen and oxygen atoms in total. The number of hydrogen-bond donors (Lipinski definition) is 1. The summed E-state index contributed by atoms with van der Waals surface area (Å²) in [5.41, 5.74) is 4.38. The Labute approximate surface area is 159 Å². The number of carbonyl (C=O) groups excluding carboxylic acids is 1. The van der Waals surface area contributed by atoms with Crippen LogP contribution >= 0.6 is 22.9 Å². The standard InChI is InChI=1S/C20H14ClN3OS/c1-12-3-2-10-22-18(12)13-4-6-14(7-5-13)19(25)24-20-23-16-9-8-15(21)11-17(16)26-20/h2-11H,1H3,(H,23,24,25). The first-order chi connectivity index (χ1) is 12.6. The van der Waals surface area contributed by atoms with Crippen LogP contribution in [0.2, 0.25) is 5.02 Å². The van der Waals surface area contributed by atoms with Crippen LogP contribution in [0.4, 0.5) is 5.13 Å². The van der Waals surface area contributed by atoms with Gasteiger partial charge in [-0.2, -0.15) is 0 Å². The lowest BCUT2D eigenvalue weighted by Crippen LogP contribution is -2.11. The van der Waals surface area contributed by atoms with Gasteiger partial charge in [0.25, 0.3) is 5.91 Å². The van der Waals surface area contributed by atoms with E-state index in [0.29, 0.717) is 15.7 Å². The van der Waals surface area contributed by atoms with Crippen molar-refractivity contribution in [1.29, 1.82) is 0 Å². The molecule has 0 bridgehead atoms. The minimum Gasteiger partial charge on any atom is -0.298 e. The summed E-state index contributed by atoms with van der Waals surface area (Å²) in [6.45, 7) is 2.02. The number of nitrogens with one attached hydrogen (secondary N) is 1. The molecule has 0 aliphatic rings. The molecule has 2 aromatic heterocycles. The smallest absolute Gasteiger partial charge is 0.257 e. The van der Waals surface area contributed by atoms with E-state index in [4.69, 9.17) is 11.6 Å². The Balaban J connectivity index is 1.55. The third kappa shape index (κ3) is 3.31. The largest absolute Gasteiger partial charge is 0.298 e. The van der Waals surface area contributed by atoms with Crippen molar-refractivity contribution < 1.29 is 4.79 Å². The normalized spacial score (nSPS) is 10.8. The van der Waals surface area contributed by atoms with Crippen molar-refractivity contribution in [3.63, 3.8) is 0 Å². The second-order valence-electron chi connectivity index (χ2n) is 5.83. The van der Waals surface area contributed by atoms with E-state index in [9.17, 15) is 4.79 Å². The maximum absolute atomic E-state index is 12.5. The van der Waals surface area contributed by atoms with E-state index in [1.807, 2.05) is 43.3 Å². The number of aromatic nitrogens is 2. The van der Waals surface area contributed by atoms with Crippen LogP contribution in [0, 0.1) is 6.92 Å². The fraction of sp³-hybridized carbons (Fsp3) is 0.0500. The molecule has 4 aromatic rings. The second-order valence-corrected chi connectivity index (χ2v) is 7.30. The van der Waals surface area contributed by atoms with Crippen LogP contribution < -0.4 is 5.32 Å². The maximum atomic E-state index is 12.5.